The van der Waals surface area contributed by atoms with Crippen LogP contribution in [-0.2, 0) is 0 Å². The second kappa shape index (κ2) is 6.06. The van der Waals surface area contributed by atoms with Crippen LogP contribution >= 0.6 is 11.6 Å². The lowest BCUT2D eigenvalue weighted by atomic mass is 10.1. The molecule has 0 fully saturated rings. The van der Waals surface area contributed by atoms with E-state index in [0.717, 1.165) is 0 Å². The Bertz CT molecular complexity index is 335. The van der Waals surface area contributed by atoms with Crippen LogP contribution in [0.25, 0.3) is 0 Å². The van der Waals surface area contributed by atoms with E-state index in [9.17, 15) is 4.39 Å². The van der Waals surface area contributed by atoms with E-state index in [4.69, 9.17) is 11.6 Å². The first kappa shape index (κ1) is 14.4. The zero-order valence-corrected chi connectivity index (χ0v) is 11.0. The lowest BCUT2D eigenvalue weighted by Crippen LogP contribution is -2.02. The molecular weight excluding hydrogens is 213 g/mol. The third kappa shape index (κ3) is 3.16. The summed E-state index contributed by atoms with van der Waals surface area (Å²) < 4.78 is 13.4. The summed E-state index contributed by atoms with van der Waals surface area (Å²) in [7, 11) is 0. The molecule has 0 aliphatic rings. The van der Waals surface area contributed by atoms with Crippen molar-refractivity contribution in [2.75, 3.05) is 0 Å². The van der Waals surface area contributed by atoms with Crippen molar-refractivity contribution in [3.05, 3.63) is 27.8 Å². The fourth-order valence-electron chi connectivity index (χ4n) is 1.13. The van der Waals surface area contributed by atoms with Crippen molar-refractivity contribution < 1.29 is 4.39 Å². The molecule has 0 saturated carbocycles. The maximum Gasteiger partial charge on any atom is 0.148 e. The van der Waals surface area contributed by atoms with Crippen LogP contribution in [0.5, 0.6) is 0 Å². The summed E-state index contributed by atoms with van der Waals surface area (Å²) in [6.45, 7) is 11.4. The largest absolute Gasteiger partial charge is 0.256 e. The molecule has 0 atom stereocenters. The summed E-state index contributed by atoms with van der Waals surface area (Å²) in [5.74, 6) is -0.181. The van der Waals surface area contributed by atoms with E-state index < -0.39 is 0 Å². The molecule has 0 unspecified atom stereocenters. The number of aryl methyl sites for hydroxylation is 1. The average Bonchev–Trinajstić information content (AvgIpc) is 2.23. The van der Waals surface area contributed by atoms with Gasteiger partial charge in [0.25, 0.3) is 0 Å². The molecule has 1 rings (SSSR count). The quantitative estimate of drug-likeness (QED) is 0.686. The number of nitrogens with zero attached hydrogens (tertiary/aromatic N) is 1. The molecule has 1 aromatic heterocycles. The smallest absolute Gasteiger partial charge is 0.148 e. The molecule has 1 heterocycles. The van der Waals surface area contributed by atoms with Crippen LogP contribution in [0.3, 0.4) is 0 Å². The van der Waals surface area contributed by atoms with E-state index in [1.807, 2.05) is 27.7 Å². The summed E-state index contributed by atoms with van der Waals surface area (Å²) in [4.78, 5) is 4.26. The Balaban J connectivity index is 0.000000921. The molecule has 0 radical (unpaired) electrons. The van der Waals surface area contributed by atoms with Crippen LogP contribution in [0.4, 0.5) is 4.39 Å². The molecule has 0 aromatic carbocycles. The van der Waals surface area contributed by atoms with Crippen molar-refractivity contribution in [3.63, 3.8) is 0 Å². The molecule has 0 spiro atoms. The van der Waals surface area contributed by atoms with Crippen LogP contribution in [0, 0.1) is 19.7 Å². The number of halogens is 2. The lowest BCUT2D eigenvalue weighted by molar-refractivity contribution is 0.606. The second-order valence-electron chi connectivity index (χ2n) is 3.49. The first-order valence-electron chi connectivity index (χ1n) is 5.27. The highest BCUT2D eigenvalue weighted by atomic mass is 35.5. The molecule has 0 N–H and O–H groups in total. The highest BCUT2D eigenvalue weighted by Gasteiger charge is 2.15. The monoisotopic (exact) mass is 231 g/mol. The third-order valence-electron chi connectivity index (χ3n) is 2.12. The maximum absolute atomic E-state index is 13.4. The molecule has 0 aliphatic carbocycles. The minimum absolute atomic E-state index is 0.154. The van der Waals surface area contributed by atoms with E-state index in [-0.39, 0.29) is 16.8 Å². The molecule has 1 aromatic rings. The van der Waals surface area contributed by atoms with Crippen LogP contribution in [0.15, 0.2) is 0 Å². The molecule has 3 heteroatoms. The van der Waals surface area contributed by atoms with E-state index in [2.05, 4.69) is 4.98 Å². The Hall–Kier alpha value is -0.630. The Labute approximate surface area is 96.7 Å². The van der Waals surface area contributed by atoms with Gasteiger partial charge >= 0.3 is 0 Å². The molecule has 1 nitrogen and oxygen atoms in total. The van der Waals surface area contributed by atoms with Crippen molar-refractivity contribution in [3.8, 4) is 0 Å². The topological polar surface area (TPSA) is 12.9 Å². The summed E-state index contributed by atoms with van der Waals surface area (Å²) in [6, 6.07) is 0. The van der Waals surface area contributed by atoms with Gasteiger partial charge in [0.05, 0.1) is 10.7 Å². The maximum atomic E-state index is 13.4. The molecule has 0 saturated heterocycles. The van der Waals surface area contributed by atoms with Crippen molar-refractivity contribution in [2.45, 2.75) is 47.5 Å². The minimum atomic E-state index is -0.335. The second-order valence-corrected chi connectivity index (χ2v) is 3.87. The number of hydrogen-bond acceptors (Lipinski definition) is 1. The summed E-state index contributed by atoms with van der Waals surface area (Å²) >= 11 is 5.83. The van der Waals surface area contributed by atoms with Gasteiger partial charge in [-0.2, -0.15) is 0 Å². The summed E-state index contributed by atoms with van der Waals surface area (Å²) in [5.41, 5.74) is 1.89. The van der Waals surface area contributed by atoms with Crippen molar-refractivity contribution in [1.82, 2.24) is 4.98 Å². The third-order valence-corrected chi connectivity index (χ3v) is 2.48. The molecule has 0 amide bonds. The first-order valence-corrected chi connectivity index (χ1v) is 5.65. The predicted molar refractivity (Wildman–Crippen MR) is 64.1 cm³/mol. The van der Waals surface area contributed by atoms with Crippen molar-refractivity contribution in [2.24, 2.45) is 0 Å². The molecular formula is C12H19ClFN. The number of hydrogen-bond donors (Lipinski definition) is 0. The van der Waals surface area contributed by atoms with Crippen LogP contribution in [0.2, 0.25) is 5.02 Å². The Morgan fingerprint density at radius 3 is 2.07 bits per heavy atom. The number of pyridine rings is 1. The van der Waals surface area contributed by atoms with E-state index in [1.54, 1.807) is 13.8 Å². The molecule has 0 bridgehead atoms. The highest BCUT2D eigenvalue weighted by molar-refractivity contribution is 6.31. The first-order chi connectivity index (χ1) is 6.95. The lowest BCUT2D eigenvalue weighted by Gasteiger charge is -2.11. The van der Waals surface area contributed by atoms with Gasteiger partial charge in [0.15, 0.2) is 0 Å². The Kier molecular flexibility index (Phi) is 5.81. The van der Waals surface area contributed by atoms with E-state index in [0.29, 0.717) is 17.0 Å². The summed E-state index contributed by atoms with van der Waals surface area (Å²) in [6.07, 6.45) is 0. The fourth-order valence-corrected chi connectivity index (χ4v) is 1.53. The van der Waals surface area contributed by atoms with E-state index in [1.165, 1.54) is 0 Å². The molecule has 15 heavy (non-hydrogen) atoms. The predicted octanol–water partition coefficient (Wildman–Crippen LogP) is 4.64. The van der Waals surface area contributed by atoms with Gasteiger partial charge in [0, 0.05) is 11.3 Å². The SMILES string of the molecule is CC.Cc1nc(C(C)C)c(Cl)c(F)c1C. The Morgan fingerprint density at radius 2 is 1.67 bits per heavy atom. The van der Waals surface area contributed by atoms with Crippen LogP contribution < -0.4 is 0 Å². The van der Waals surface area contributed by atoms with Gasteiger partial charge < -0.3 is 0 Å². The Morgan fingerprint density at radius 1 is 1.20 bits per heavy atom. The van der Waals surface area contributed by atoms with Gasteiger partial charge in [-0.1, -0.05) is 39.3 Å². The molecule has 0 aliphatic heterocycles. The van der Waals surface area contributed by atoms with Gasteiger partial charge in [-0.3, -0.25) is 4.98 Å². The van der Waals surface area contributed by atoms with Crippen LogP contribution in [-0.4, -0.2) is 4.98 Å². The zero-order valence-electron chi connectivity index (χ0n) is 10.3. The average molecular weight is 232 g/mol. The van der Waals surface area contributed by atoms with Gasteiger partial charge in [0.2, 0.25) is 0 Å². The minimum Gasteiger partial charge on any atom is -0.256 e. The van der Waals surface area contributed by atoms with Gasteiger partial charge in [-0.25, -0.2) is 4.39 Å². The molecule has 86 valence electrons. The van der Waals surface area contributed by atoms with E-state index >= 15 is 0 Å². The standard InChI is InChI=1S/C10H13ClFN.C2H6/c1-5(2)10-8(11)9(12)6(3)7(4)13-10;1-2/h5H,1-4H3;1-2H3. The summed E-state index contributed by atoms with van der Waals surface area (Å²) in [5, 5.41) is 0.165. The normalized spacial score (nSPS) is 9.93. The van der Waals surface area contributed by atoms with Gasteiger partial charge in [-0.15, -0.1) is 0 Å². The zero-order chi connectivity index (χ0) is 12.2. The number of aromatic nitrogens is 1. The van der Waals surface area contributed by atoms with Gasteiger partial charge in [-0.05, 0) is 19.8 Å². The highest BCUT2D eigenvalue weighted by Crippen LogP contribution is 2.27. The van der Waals surface area contributed by atoms with Crippen molar-refractivity contribution in [1.29, 1.82) is 0 Å². The van der Waals surface area contributed by atoms with Crippen LogP contribution in [0.1, 0.15) is 50.6 Å². The number of rotatable bonds is 1. The van der Waals surface area contributed by atoms with Crippen molar-refractivity contribution >= 4 is 11.6 Å². The fraction of sp³-hybridized carbons (Fsp3) is 0.583. The van der Waals surface area contributed by atoms with Gasteiger partial charge in [0.1, 0.15) is 5.82 Å².